The number of esters is 1. The van der Waals surface area contributed by atoms with Crippen molar-refractivity contribution in [3.63, 3.8) is 0 Å². The molecule has 262 valence electrons. The molecule has 7 rings (SSSR count). The van der Waals surface area contributed by atoms with E-state index in [1.54, 1.807) is 33.9 Å². The molecule has 1 spiro atoms. The average molecular weight is 683 g/mol. The van der Waals surface area contributed by atoms with E-state index >= 15 is 0 Å². The Morgan fingerprint density at radius 2 is 1.80 bits per heavy atom. The maximum Gasteiger partial charge on any atom is 0.313 e. The highest BCUT2D eigenvalue weighted by molar-refractivity contribution is 5.99. The second-order valence-electron chi connectivity index (χ2n) is 13.8. The van der Waals surface area contributed by atoms with E-state index in [9.17, 15) is 24.3 Å². The zero-order valence-electron chi connectivity index (χ0n) is 28.1. The van der Waals surface area contributed by atoms with Crippen LogP contribution in [0.1, 0.15) is 44.8 Å². The topological polar surface area (TPSA) is 156 Å². The number of aliphatic hydroxyl groups excluding tert-OH is 1. The molecule has 13 heteroatoms. The molecule has 5 heterocycles. The van der Waals surface area contributed by atoms with Gasteiger partial charge in [-0.2, -0.15) is 0 Å². The van der Waals surface area contributed by atoms with E-state index in [-0.39, 0.29) is 50.5 Å². The van der Waals surface area contributed by atoms with Crippen molar-refractivity contribution in [1.29, 1.82) is 0 Å². The van der Waals surface area contributed by atoms with Gasteiger partial charge in [-0.15, -0.1) is 5.10 Å². The Kier molecular flexibility index (Phi) is 9.27. The molecule has 2 N–H and O–H groups in total. The van der Waals surface area contributed by atoms with E-state index < -0.39 is 53.6 Å². The van der Waals surface area contributed by atoms with Gasteiger partial charge < -0.3 is 29.7 Å². The van der Waals surface area contributed by atoms with Gasteiger partial charge in [0, 0.05) is 13.0 Å². The van der Waals surface area contributed by atoms with Crippen LogP contribution in [0, 0.1) is 17.8 Å². The summed E-state index contributed by atoms with van der Waals surface area (Å²) in [7, 11) is 0. The highest BCUT2D eigenvalue weighted by Gasteiger charge is 2.72. The third kappa shape index (κ3) is 5.98. The van der Waals surface area contributed by atoms with E-state index in [1.807, 2.05) is 68.4 Å². The number of ether oxygens (including phenoxy) is 2. The number of allylic oxidation sites excluding steroid dienone is 1. The summed E-state index contributed by atoms with van der Waals surface area (Å²) < 4.78 is 14.6. The molecule has 4 aliphatic rings. The molecule has 3 amide bonds. The number of amides is 3. The van der Waals surface area contributed by atoms with Crippen molar-refractivity contribution in [3.05, 3.63) is 84.5 Å². The third-order valence-corrected chi connectivity index (χ3v) is 10.1. The number of fused-ring (bicyclic) bond motifs is 3. The minimum atomic E-state index is -1.53. The molecule has 0 aliphatic carbocycles. The van der Waals surface area contributed by atoms with E-state index in [1.165, 1.54) is 4.90 Å². The monoisotopic (exact) mass is 682 g/mol. The SMILES string of the molecule is CC(C)C[C@H](CO)N1C(=O)[C@@H]2[C@H]3C(=O)O[C@H](c4ccccc4)CNC(=O)CC/C=C\[C@H]3O[C@@]23C=CCN(Cn2nnc4ccccc42)C(=O)[C@@H]13. The molecule has 50 heavy (non-hydrogen) atoms. The van der Waals surface area contributed by atoms with Crippen LogP contribution in [0.25, 0.3) is 11.0 Å². The first kappa shape index (κ1) is 33.6. The highest BCUT2D eigenvalue weighted by Crippen LogP contribution is 2.54. The van der Waals surface area contributed by atoms with Crippen molar-refractivity contribution in [2.75, 3.05) is 19.7 Å². The molecular weight excluding hydrogens is 640 g/mol. The summed E-state index contributed by atoms with van der Waals surface area (Å²) in [6.45, 7) is 3.91. The number of benzene rings is 2. The van der Waals surface area contributed by atoms with Crippen molar-refractivity contribution in [1.82, 2.24) is 30.1 Å². The molecule has 0 saturated carbocycles. The molecule has 1 aromatic heterocycles. The lowest BCUT2D eigenvalue weighted by molar-refractivity contribution is -0.161. The van der Waals surface area contributed by atoms with E-state index in [2.05, 4.69) is 15.6 Å². The number of hydrogen-bond acceptors (Lipinski definition) is 9. The lowest BCUT2D eigenvalue weighted by atomic mass is 9.78. The molecule has 2 saturated heterocycles. The largest absolute Gasteiger partial charge is 0.455 e. The fourth-order valence-corrected chi connectivity index (χ4v) is 7.92. The predicted octanol–water partition coefficient (Wildman–Crippen LogP) is 2.53. The minimum Gasteiger partial charge on any atom is -0.455 e. The predicted molar refractivity (Wildman–Crippen MR) is 181 cm³/mol. The molecule has 7 atom stereocenters. The van der Waals surface area contributed by atoms with Gasteiger partial charge in [0.05, 0.1) is 36.7 Å². The number of hydrogen-bond donors (Lipinski definition) is 2. The Balaban J connectivity index is 1.30. The van der Waals surface area contributed by atoms with Gasteiger partial charge >= 0.3 is 5.97 Å². The van der Waals surface area contributed by atoms with E-state index in [0.29, 0.717) is 23.9 Å². The van der Waals surface area contributed by atoms with Gasteiger partial charge in [0.2, 0.25) is 11.8 Å². The lowest BCUT2D eigenvalue weighted by Crippen LogP contribution is -2.58. The maximum atomic E-state index is 14.9. The van der Waals surface area contributed by atoms with Gasteiger partial charge in [-0.3, -0.25) is 19.2 Å². The third-order valence-electron chi connectivity index (χ3n) is 10.1. The fourth-order valence-electron chi connectivity index (χ4n) is 7.92. The van der Waals surface area contributed by atoms with Crippen LogP contribution in [0.15, 0.2) is 78.9 Å². The van der Waals surface area contributed by atoms with Gasteiger partial charge in [0.1, 0.15) is 35.9 Å². The molecule has 0 radical (unpaired) electrons. The first-order valence-corrected chi connectivity index (χ1v) is 17.3. The van der Waals surface area contributed by atoms with Crippen molar-refractivity contribution >= 4 is 34.7 Å². The second kappa shape index (κ2) is 13.8. The lowest BCUT2D eigenvalue weighted by Gasteiger charge is -2.39. The first-order valence-electron chi connectivity index (χ1n) is 17.3. The minimum absolute atomic E-state index is 0.0559. The summed E-state index contributed by atoms with van der Waals surface area (Å²) in [4.78, 5) is 59.8. The Morgan fingerprint density at radius 3 is 2.58 bits per heavy atom. The van der Waals surface area contributed by atoms with Crippen molar-refractivity contribution < 1.29 is 33.8 Å². The molecule has 0 bridgehead atoms. The summed E-state index contributed by atoms with van der Waals surface area (Å²) in [5, 5.41) is 22.1. The number of rotatable bonds is 7. The Bertz CT molecular complexity index is 1820. The number of nitrogens with one attached hydrogen (secondary N) is 1. The number of carbonyl (C=O) groups is 4. The smallest absolute Gasteiger partial charge is 0.313 e. The zero-order valence-corrected chi connectivity index (χ0v) is 28.1. The molecular formula is C37H42N6O7. The van der Waals surface area contributed by atoms with Crippen molar-refractivity contribution in [2.45, 2.75) is 69.7 Å². The normalized spacial score (nSPS) is 29.8. The molecule has 2 fully saturated rings. The van der Waals surface area contributed by atoms with Crippen molar-refractivity contribution in [2.24, 2.45) is 17.8 Å². The summed E-state index contributed by atoms with van der Waals surface area (Å²) in [5.41, 5.74) is 0.584. The molecule has 3 aromatic rings. The van der Waals surface area contributed by atoms with Crippen LogP contribution in [-0.4, -0.2) is 97.1 Å². The number of aromatic nitrogens is 3. The standard InChI is InChI=1S/C37H42N6O7/c1-23(2)19-25(21-44)43-33-35(47)41(22-42-27-14-7-6-13-26(27)39-40-42)18-10-17-37(33)32(34(43)46)31-28(50-37)15-8-9-16-30(45)38-20-29(49-36(31)48)24-11-4-3-5-12-24/h3-8,10-15,17,23,25,28-29,31-33,44H,9,16,18-22H2,1-2H3,(H,38,45)/b15-8-/t25-,28-,29+,31+,32+,33-,37+/m1/s1. The van der Waals surface area contributed by atoms with Gasteiger partial charge in [-0.05, 0) is 36.5 Å². The molecule has 0 unspecified atom stereocenters. The molecule has 2 aromatic carbocycles. The van der Waals surface area contributed by atoms with Crippen LogP contribution < -0.4 is 5.32 Å². The number of aliphatic hydroxyl groups is 1. The van der Waals surface area contributed by atoms with Crippen LogP contribution in [0.2, 0.25) is 0 Å². The van der Waals surface area contributed by atoms with Gasteiger partial charge in [0.25, 0.3) is 5.91 Å². The number of likely N-dealkylation sites (tertiary alicyclic amines) is 1. The zero-order chi connectivity index (χ0) is 35.0. The van der Waals surface area contributed by atoms with Gasteiger partial charge in [-0.1, -0.05) is 85.8 Å². The van der Waals surface area contributed by atoms with Crippen LogP contribution in [0.4, 0.5) is 0 Å². The highest BCUT2D eigenvalue weighted by atomic mass is 16.6. The van der Waals surface area contributed by atoms with Crippen LogP contribution in [-0.2, 0) is 35.3 Å². The summed E-state index contributed by atoms with van der Waals surface area (Å²) in [6.07, 6.45) is 6.34. The van der Waals surface area contributed by atoms with Gasteiger partial charge in [-0.25, -0.2) is 4.68 Å². The Morgan fingerprint density at radius 1 is 1.02 bits per heavy atom. The second-order valence-corrected chi connectivity index (χ2v) is 13.8. The average Bonchev–Trinajstić information content (AvgIpc) is 3.71. The first-order chi connectivity index (χ1) is 24.2. The van der Waals surface area contributed by atoms with E-state index in [0.717, 1.165) is 5.52 Å². The quantitative estimate of drug-likeness (QED) is 0.283. The fraction of sp³-hybridized carbons (Fsp3) is 0.459. The van der Waals surface area contributed by atoms with E-state index in [4.69, 9.17) is 9.47 Å². The Hall–Kier alpha value is -4.88. The summed E-state index contributed by atoms with van der Waals surface area (Å²) in [5.74, 6) is -3.81. The summed E-state index contributed by atoms with van der Waals surface area (Å²) >= 11 is 0. The van der Waals surface area contributed by atoms with Gasteiger partial charge in [0.15, 0.2) is 0 Å². The van der Waals surface area contributed by atoms with Crippen LogP contribution in [0.5, 0.6) is 0 Å². The maximum absolute atomic E-state index is 14.9. The summed E-state index contributed by atoms with van der Waals surface area (Å²) in [6, 6.07) is 14.7. The van der Waals surface area contributed by atoms with Crippen LogP contribution >= 0.6 is 0 Å². The molecule has 13 nitrogen and oxygen atoms in total. The number of nitrogens with zero attached hydrogens (tertiary/aromatic N) is 5. The number of para-hydroxylation sites is 1. The Labute approximate surface area is 289 Å². The number of carbonyl (C=O) groups excluding carboxylic acids is 4. The molecule has 4 aliphatic heterocycles. The van der Waals surface area contributed by atoms with Crippen LogP contribution in [0.3, 0.4) is 0 Å². The van der Waals surface area contributed by atoms with Crippen molar-refractivity contribution in [3.8, 4) is 0 Å². The number of cyclic esters (lactones) is 1.